The van der Waals surface area contributed by atoms with Gasteiger partial charge in [-0.1, -0.05) is 32.0 Å². The molecule has 1 aliphatic heterocycles. The minimum absolute atomic E-state index is 0.0472. The summed E-state index contributed by atoms with van der Waals surface area (Å²) < 4.78 is 0. The van der Waals surface area contributed by atoms with Crippen molar-refractivity contribution in [2.45, 2.75) is 38.8 Å². The second kappa shape index (κ2) is 6.05. The Morgan fingerprint density at radius 1 is 1.40 bits per heavy atom. The van der Waals surface area contributed by atoms with Gasteiger partial charge in [0, 0.05) is 5.69 Å². The summed E-state index contributed by atoms with van der Waals surface area (Å²) in [5.41, 5.74) is 7.36. The van der Waals surface area contributed by atoms with Gasteiger partial charge in [-0.3, -0.25) is 14.9 Å². The highest BCUT2D eigenvalue weighted by Gasteiger charge is 2.29. The third-order valence-corrected chi connectivity index (χ3v) is 3.65. The third-order valence-electron chi connectivity index (χ3n) is 3.65. The molecule has 1 heterocycles. The van der Waals surface area contributed by atoms with E-state index in [1.807, 2.05) is 38.1 Å². The van der Waals surface area contributed by atoms with E-state index in [0.29, 0.717) is 6.42 Å². The summed E-state index contributed by atoms with van der Waals surface area (Å²) in [6.07, 6.45) is 1.44. The molecule has 0 radical (unpaired) electrons. The van der Waals surface area contributed by atoms with Gasteiger partial charge in [0.25, 0.3) is 0 Å². The maximum atomic E-state index is 12.2. The monoisotopic (exact) mass is 275 g/mol. The molecular weight excluding hydrogens is 254 g/mol. The zero-order valence-electron chi connectivity index (χ0n) is 11.8. The fraction of sp³-hybridized carbons (Fsp3) is 0.467. The van der Waals surface area contributed by atoms with Crippen LogP contribution in [0.1, 0.15) is 25.8 Å². The molecule has 0 aliphatic carbocycles. The van der Waals surface area contributed by atoms with E-state index < -0.39 is 18.0 Å². The van der Waals surface area contributed by atoms with Crippen LogP contribution in [0.5, 0.6) is 0 Å². The van der Waals surface area contributed by atoms with Crippen LogP contribution in [0.15, 0.2) is 24.3 Å². The van der Waals surface area contributed by atoms with Crippen molar-refractivity contribution in [1.82, 2.24) is 5.32 Å². The number of para-hydroxylation sites is 1. The number of nitrogens with two attached hydrogens (primary N) is 1. The molecule has 1 aromatic rings. The number of benzene rings is 1. The van der Waals surface area contributed by atoms with Crippen LogP contribution >= 0.6 is 0 Å². The number of amides is 2. The van der Waals surface area contributed by atoms with Crippen LogP contribution in [0.2, 0.25) is 0 Å². The van der Waals surface area contributed by atoms with Crippen molar-refractivity contribution >= 4 is 17.5 Å². The number of nitrogens with one attached hydrogen (secondary N) is 2. The molecule has 0 aromatic heterocycles. The summed E-state index contributed by atoms with van der Waals surface area (Å²) in [4.78, 5) is 23.7. The number of anilines is 1. The smallest absolute Gasteiger partial charge is 0.241 e. The van der Waals surface area contributed by atoms with Crippen LogP contribution in [0, 0.1) is 5.92 Å². The Kier molecular flexibility index (Phi) is 4.39. The molecular formula is C15H21N3O2. The van der Waals surface area contributed by atoms with Crippen molar-refractivity contribution in [3.8, 4) is 0 Å². The highest BCUT2D eigenvalue weighted by atomic mass is 16.2. The molecule has 0 bridgehead atoms. The summed E-state index contributed by atoms with van der Waals surface area (Å²) in [7, 11) is 0. The first-order valence-electron chi connectivity index (χ1n) is 6.93. The molecule has 1 aliphatic rings. The van der Waals surface area contributed by atoms with Crippen LogP contribution < -0.4 is 16.4 Å². The normalized spacial score (nSPS) is 19.9. The van der Waals surface area contributed by atoms with E-state index in [1.54, 1.807) is 0 Å². The zero-order valence-corrected chi connectivity index (χ0v) is 11.8. The summed E-state index contributed by atoms with van der Waals surface area (Å²) in [6.45, 7) is 3.82. The van der Waals surface area contributed by atoms with Crippen LogP contribution in [0.4, 0.5) is 5.69 Å². The standard InChI is InChI=1S/C15H21N3O2/c1-9(2)13(14(16)19)17-12-8-7-10-5-3-4-6-11(10)18-15(12)20/h3-6,9,12-13,17H,7-8H2,1-2H3,(H2,16,19)(H,18,20). The van der Waals surface area contributed by atoms with Crippen LogP contribution in [0.25, 0.3) is 0 Å². The fourth-order valence-electron chi connectivity index (χ4n) is 2.49. The summed E-state index contributed by atoms with van der Waals surface area (Å²) in [5, 5.41) is 5.99. The lowest BCUT2D eigenvalue weighted by atomic mass is 10.0. The molecule has 2 amide bonds. The van der Waals surface area contributed by atoms with E-state index in [2.05, 4.69) is 10.6 Å². The fourth-order valence-corrected chi connectivity index (χ4v) is 2.49. The van der Waals surface area contributed by atoms with E-state index in [0.717, 1.165) is 17.7 Å². The van der Waals surface area contributed by atoms with Crippen molar-refractivity contribution in [3.63, 3.8) is 0 Å². The second-order valence-electron chi connectivity index (χ2n) is 5.53. The van der Waals surface area contributed by atoms with Crippen LogP contribution in [-0.2, 0) is 16.0 Å². The Balaban J connectivity index is 2.12. The Hall–Kier alpha value is -1.88. The first-order valence-corrected chi connectivity index (χ1v) is 6.93. The highest BCUT2D eigenvalue weighted by molar-refractivity contribution is 5.96. The van der Waals surface area contributed by atoms with Crippen LogP contribution in [-0.4, -0.2) is 23.9 Å². The topological polar surface area (TPSA) is 84.2 Å². The van der Waals surface area contributed by atoms with Gasteiger partial charge in [0.05, 0.1) is 12.1 Å². The first-order chi connectivity index (χ1) is 9.49. The van der Waals surface area contributed by atoms with Crippen molar-refractivity contribution < 1.29 is 9.59 Å². The largest absolute Gasteiger partial charge is 0.368 e. The Labute approximate surface area is 118 Å². The number of hydrogen-bond donors (Lipinski definition) is 3. The molecule has 2 unspecified atom stereocenters. The molecule has 0 saturated carbocycles. The average molecular weight is 275 g/mol. The lowest BCUT2D eigenvalue weighted by molar-refractivity contribution is -0.122. The van der Waals surface area contributed by atoms with Crippen LogP contribution in [0.3, 0.4) is 0 Å². The SMILES string of the molecule is CC(C)C(NC1CCc2ccccc2NC1=O)C(N)=O. The Morgan fingerprint density at radius 3 is 2.75 bits per heavy atom. The molecule has 1 aromatic carbocycles. The molecule has 108 valence electrons. The maximum Gasteiger partial charge on any atom is 0.241 e. The predicted octanol–water partition coefficient (Wildman–Crippen LogP) is 1.04. The van der Waals surface area contributed by atoms with Gasteiger partial charge in [-0.25, -0.2) is 0 Å². The highest BCUT2D eigenvalue weighted by Crippen LogP contribution is 2.22. The number of fused-ring (bicyclic) bond motifs is 1. The number of rotatable bonds is 4. The minimum atomic E-state index is -0.494. The zero-order chi connectivity index (χ0) is 14.7. The second-order valence-corrected chi connectivity index (χ2v) is 5.53. The van der Waals surface area contributed by atoms with Gasteiger partial charge in [-0.15, -0.1) is 0 Å². The Morgan fingerprint density at radius 2 is 2.10 bits per heavy atom. The molecule has 4 N–H and O–H groups in total. The van der Waals surface area contributed by atoms with Crippen molar-refractivity contribution in [2.24, 2.45) is 11.7 Å². The quantitative estimate of drug-likeness (QED) is 0.767. The number of hydrogen-bond acceptors (Lipinski definition) is 3. The average Bonchev–Trinajstić information content (AvgIpc) is 2.54. The van der Waals surface area contributed by atoms with E-state index >= 15 is 0 Å². The van der Waals surface area contributed by atoms with E-state index in [9.17, 15) is 9.59 Å². The Bertz CT molecular complexity index is 514. The molecule has 0 fully saturated rings. The minimum Gasteiger partial charge on any atom is -0.368 e. The van der Waals surface area contributed by atoms with Gasteiger partial charge in [-0.05, 0) is 30.4 Å². The van der Waals surface area contributed by atoms with Gasteiger partial charge in [0.15, 0.2) is 0 Å². The molecule has 0 saturated heterocycles. The van der Waals surface area contributed by atoms with Gasteiger partial charge in [-0.2, -0.15) is 0 Å². The molecule has 5 nitrogen and oxygen atoms in total. The van der Waals surface area contributed by atoms with Gasteiger partial charge in [0.2, 0.25) is 11.8 Å². The summed E-state index contributed by atoms with van der Waals surface area (Å²) in [6, 6.07) is 6.86. The maximum absolute atomic E-state index is 12.2. The van der Waals surface area contributed by atoms with E-state index in [1.165, 1.54) is 0 Å². The number of carbonyl (C=O) groups excluding carboxylic acids is 2. The molecule has 2 atom stereocenters. The van der Waals surface area contributed by atoms with Gasteiger partial charge < -0.3 is 11.1 Å². The van der Waals surface area contributed by atoms with E-state index in [-0.39, 0.29) is 11.8 Å². The lowest BCUT2D eigenvalue weighted by Gasteiger charge is -2.24. The molecule has 0 spiro atoms. The molecule has 5 heteroatoms. The van der Waals surface area contributed by atoms with E-state index in [4.69, 9.17) is 5.73 Å². The number of aryl methyl sites for hydroxylation is 1. The first kappa shape index (κ1) is 14.5. The van der Waals surface area contributed by atoms with Gasteiger partial charge >= 0.3 is 0 Å². The van der Waals surface area contributed by atoms with Gasteiger partial charge in [0.1, 0.15) is 0 Å². The predicted molar refractivity (Wildman–Crippen MR) is 78.1 cm³/mol. The third kappa shape index (κ3) is 3.17. The number of carbonyl (C=O) groups is 2. The summed E-state index contributed by atoms with van der Waals surface area (Å²) in [5.74, 6) is -0.484. The lowest BCUT2D eigenvalue weighted by Crippen LogP contribution is -2.53. The van der Waals surface area contributed by atoms with Crippen molar-refractivity contribution in [3.05, 3.63) is 29.8 Å². The van der Waals surface area contributed by atoms with Crippen molar-refractivity contribution in [2.75, 3.05) is 5.32 Å². The molecule has 20 heavy (non-hydrogen) atoms. The molecule has 2 rings (SSSR count). The van der Waals surface area contributed by atoms with Crippen molar-refractivity contribution in [1.29, 1.82) is 0 Å². The summed E-state index contributed by atoms with van der Waals surface area (Å²) >= 11 is 0. The number of primary amides is 1.